The van der Waals surface area contributed by atoms with Crippen LogP contribution in [0.5, 0.6) is 5.75 Å². The van der Waals surface area contributed by atoms with Crippen LogP contribution in [0.15, 0.2) is 76.0 Å². The van der Waals surface area contributed by atoms with Gasteiger partial charge in [0.25, 0.3) is 11.8 Å². The van der Waals surface area contributed by atoms with Crippen molar-refractivity contribution in [3.05, 3.63) is 83.8 Å². The largest absolute Gasteiger partial charge is 0.508 e. The molecule has 3 rings (SSSR count). The molecule has 0 atom stereocenters. The first kappa shape index (κ1) is 22.1. The minimum absolute atomic E-state index is 0.00861. The highest BCUT2D eigenvalue weighted by atomic mass is 32.2. The maximum Gasteiger partial charge on any atom is 0.286 e. The van der Waals surface area contributed by atoms with Gasteiger partial charge in [-0.05, 0) is 48.9 Å². The fourth-order valence-corrected chi connectivity index (χ4v) is 4.07. The maximum absolute atomic E-state index is 12.4. The Morgan fingerprint density at radius 1 is 0.871 bits per heavy atom. The van der Waals surface area contributed by atoms with E-state index in [1.165, 1.54) is 36.4 Å². The van der Waals surface area contributed by atoms with Crippen LogP contribution in [0.25, 0.3) is 0 Å². The van der Waals surface area contributed by atoms with E-state index >= 15 is 0 Å². The Labute approximate surface area is 179 Å². The number of benzene rings is 2. The Bertz CT molecular complexity index is 1160. The first-order valence-corrected chi connectivity index (χ1v) is 11.2. The number of phenols is 1. The quantitative estimate of drug-likeness (QED) is 0.437. The summed E-state index contributed by atoms with van der Waals surface area (Å²) in [5.41, 5.74) is 0.345. The third-order valence-corrected chi connectivity index (χ3v) is 6.01. The van der Waals surface area contributed by atoms with Crippen LogP contribution < -0.4 is 10.6 Å². The topological polar surface area (TPSA) is 126 Å². The molecule has 0 unspecified atom stereocenters. The van der Waals surface area contributed by atoms with E-state index in [2.05, 4.69) is 10.6 Å². The minimum Gasteiger partial charge on any atom is -0.508 e. The molecule has 2 aromatic carbocycles. The smallest absolute Gasteiger partial charge is 0.286 e. The summed E-state index contributed by atoms with van der Waals surface area (Å²) in [4.78, 5) is 24.3. The summed E-state index contributed by atoms with van der Waals surface area (Å²) in [7, 11) is -3.57. The third-order valence-electron chi connectivity index (χ3n) is 4.35. The van der Waals surface area contributed by atoms with Gasteiger partial charge < -0.3 is 20.2 Å². The molecule has 8 nitrogen and oxygen atoms in total. The monoisotopic (exact) mass is 442 g/mol. The van der Waals surface area contributed by atoms with Crippen molar-refractivity contribution in [2.24, 2.45) is 0 Å². The van der Waals surface area contributed by atoms with Crippen LogP contribution in [0, 0.1) is 0 Å². The molecule has 3 N–H and O–H groups in total. The molecule has 0 saturated carbocycles. The highest BCUT2D eigenvalue weighted by Gasteiger charge is 2.19. The second-order valence-electron chi connectivity index (χ2n) is 6.75. The van der Waals surface area contributed by atoms with E-state index in [1.807, 2.05) is 0 Å². The average molecular weight is 442 g/mol. The number of amides is 2. The lowest BCUT2D eigenvalue weighted by molar-refractivity contribution is 0.0924. The Hall–Kier alpha value is -3.59. The molecule has 0 spiro atoms. The number of rotatable bonds is 9. The van der Waals surface area contributed by atoms with Gasteiger partial charge in [-0.2, -0.15) is 0 Å². The summed E-state index contributed by atoms with van der Waals surface area (Å²) in [6.07, 6.45) is 0.478. The van der Waals surface area contributed by atoms with Gasteiger partial charge in [0.2, 0.25) is 0 Å². The molecule has 0 aliphatic carbocycles. The van der Waals surface area contributed by atoms with Crippen LogP contribution in [0.4, 0.5) is 0 Å². The van der Waals surface area contributed by atoms with E-state index in [1.54, 1.807) is 30.3 Å². The molecule has 0 aliphatic rings. The van der Waals surface area contributed by atoms with Gasteiger partial charge in [0, 0.05) is 18.7 Å². The molecule has 31 heavy (non-hydrogen) atoms. The summed E-state index contributed by atoms with van der Waals surface area (Å²) < 4.78 is 30.2. The minimum atomic E-state index is -3.57. The van der Waals surface area contributed by atoms with E-state index < -0.39 is 15.7 Å². The van der Waals surface area contributed by atoms with Gasteiger partial charge >= 0.3 is 0 Å². The second kappa shape index (κ2) is 9.94. The lowest BCUT2D eigenvalue weighted by Crippen LogP contribution is -2.29. The van der Waals surface area contributed by atoms with Crippen molar-refractivity contribution in [3.8, 4) is 5.75 Å². The van der Waals surface area contributed by atoms with E-state index in [0.29, 0.717) is 18.5 Å². The zero-order valence-corrected chi connectivity index (χ0v) is 17.4. The van der Waals surface area contributed by atoms with Crippen LogP contribution in [0.1, 0.15) is 33.1 Å². The zero-order chi connectivity index (χ0) is 22.3. The number of hydrogen-bond donors (Lipinski definition) is 3. The normalized spacial score (nSPS) is 11.1. The second-order valence-corrected chi connectivity index (χ2v) is 8.74. The van der Waals surface area contributed by atoms with Gasteiger partial charge in [-0.3, -0.25) is 9.59 Å². The number of hydrogen-bond acceptors (Lipinski definition) is 6. The highest BCUT2D eigenvalue weighted by molar-refractivity contribution is 7.90. The van der Waals surface area contributed by atoms with Crippen molar-refractivity contribution >= 4 is 21.7 Å². The molecule has 162 valence electrons. The highest BCUT2D eigenvalue weighted by Crippen LogP contribution is 2.18. The molecule has 0 radical (unpaired) electrons. The standard InChI is InChI=1S/C22H22N2O6S/c25-17-7-4-6-16(14-17)21(26)23-12-5-13-24-22(27)20-11-10-18(30-20)15-31(28,29)19-8-2-1-3-9-19/h1-4,6-11,14,25H,5,12-13,15H2,(H,23,26)(H,24,27). The number of phenolic OH excluding ortho intramolecular Hbond substituents is 1. The Kier molecular flexibility index (Phi) is 7.09. The predicted octanol–water partition coefficient (Wildman–Crippen LogP) is 2.51. The molecule has 1 heterocycles. The van der Waals surface area contributed by atoms with Crippen molar-refractivity contribution in [3.63, 3.8) is 0 Å². The Balaban J connectivity index is 1.43. The van der Waals surface area contributed by atoms with Gasteiger partial charge in [0.1, 0.15) is 17.3 Å². The van der Waals surface area contributed by atoms with Crippen molar-refractivity contribution in [2.45, 2.75) is 17.1 Å². The van der Waals surface area contributed by atoms with Gasteiger partial charge in [-0.1, -0.05) is 24.3 Å². The van der Waals surface area contributed by atoms with Crippen molar-refractivity contribution in [1.29, 1.82) is 0 Å². The molecule has 0 saturated heterocycles. The Morgan fingerprint density at radius 3 is 2.29 bits per heavy atom. The third kappa shape index (κ3) is 6.19. The number of aromatic hydroxyl groups is 1. The van der Waals surface area contributed by atoms with Crippen molar-refractivity contribution in [1.82, 2.24) is 10.6 Å². The van der Waals surface area contributed by atoms with Gasteiger partial charge in [0.05, 0.1) is 4.90 Å². The van der Waals surface area contributed by atoms with Crippen LogP contribution in [-0.2, 0) is 15.6 Å². The van der Waals surface area contributed by atoms with Crippen LogP contribution in [0.2, 0.25) is 0 Å². The molecule has 0 bridgehead atoms. The SMILES string of the molecule is O=C(NCCCNC(=O)c1ccc(CS(=O)(=O)c2ccccc2)o1)c1cccc(O)c1. The van der Waals surface area contributed by atoms with Gasteiger partial charge in [0.15, 0.2) is 15.6 Å². The average Bonchev–Trinajstić information content (AvgIpc) is 3.21. The number of carbonyl (C=O) groups excluding carboxylic acids is 2. The summed E-state index contributed by atoms with van der Waals surface area (Å²) >= 11 is 0. The van der Waals surface area contributed by atoms with Crippen LogP contribution >= 0.6 is 0 Å². The lowest BCUT2D eigenvalue weighted by atomic mass is 10.2. The van der Waals surface area contributed by atoms with Gasteiger partial charge in [-0.15, -0.1) is 0 Å². The first-order valence-electron chi connectivity index (χ1n) is 9.57. The van der Waals surface area contributed by atoms with Crippen molar-refractivity contribution in [2.75, 3.05) is 13.1 Å². The fraction of sp³-hybridized carbons (Fsp3) is 0.182. The predicted molar refractivity (Wildman–Crippen MR) is 113 cm³/mol. The molecule has 2 amide bonds. The summed E-state index contributed by atoms with van der Waals surface area (Å²) in [6.45, 7) is 0.616. The molecular weight excluding hydrogens is 420 g/mol. The summed E-state index contributed by atoms with van der Waals surface area (Å²) in [5, 5.41) is 14.7. The van der Waals surface area contributed by atoms with Crippen LogP contribution in [0.3, 0.4) is 0 Å². The summed E-state index contributed by atoms with van der Waals surface area (Å²) in [5.74, 6) is -0.935. The fourth-order valence-electron chi connectivity index (χ4n) is 2.80. The van der Waals surface area contributed by atoms with Crippen LogP contribution in [-0.4, -0.2) is 38.4 Å². The maximum atomic E-state index is 12.4. The van der Waals surface area contributed by atoms with E-state index in [0.717, 1.165) is 0 Å². The number of furan rings is 1. The molecule has 1 aromatic heterocycles. The molecular formula is C22H22N2O6S. The molecule has 9 heteroatoms. The number of sulfone groups is 1. The number of nitrogens with one attached hydrogen (secondary N) is 2. The van der Waals surface area contributed by atoms with E-state index in [9.17, 15) is 23.1 Å². The first-order chi connectivity index (χ1) is 14.8. The molecule has 3 aromatic rings. The molecule has 0 aliphatic heterocycles. The number of carbonyl (C=O) groups is 2. The van der Waals surface area contributed by atoms with Crippen molar-refractivity contribution < 1.29 is 27.5 Å². The zero-order valence-electron chi connectivity index (χ0n) is 16.6. The summed E-state index contributed by atoms with van der Waals surface area (Å²) in [6, 6.07) is 16.9. The Morgan fingerprint density at radius 2 is 1.58 bits per heavy atom. The van der Waals surface area contributed by atoms with E-state index in [-0.39, 0.29) is 40.4 Å². The lowest BCUT2D eigenvalue weighted by Gasteiger charge is -2.06. The van der Waals surface area contributed by atoms with E-state index in [4.69, 9.17) is 4.42 Å². The van der Waals surface area contributed by atoms with Gasteiger partial charge in [-0.25, -0.2) is 8.42 Å². The molecule has 0 fully saturated rings.